The molecule has 0 saturated carbocycles. The lowest BCUT2D eigenvalue weighted by molar-refractivity contribution is -0.115. The highest BCUT2D eigenvalue weighted by Crippen LogP contribution is 2.15. The van der Waals surface area contributed by atoms with Crippen molar-refractivity contribution in [2.75, 3.05) is 5.32 Å². The largest absolute Gasteiger partial charge is 0.293 e. The zero-order chi connectivity index (χ0) is 21.8. The Morgan fingerprint density at radius 3 is 2.52 bits per heavy atom. The maximum absolute atomic E-state index is 12.9. The van der Waals surface area contributed by atoms with Crippen molar-refractivity contribution in [3.8, 4) is 0 Å². The number of carbonyl (C=O) groups excluding carboxylic acids is 1. The first-order valence-electron chi connectivity index (χ1n) is 10.2. The number of nitrogens with zero attached hydrogens (tertiary/aromatic N) is 4. The summed E-state index contributed by atoms with van der Waals surface area (Å²) in [7, 11) is 0. The van der Waals surface area contributed by atoms with Crippen molar-refractivity contribution in [3.63, 3.8) is 0 Å². The van der Waals surface area contributed by atoms with Crippen molar-refractivity contribution >= 4 is 22.6 Å². The molecule has 8 nitrogen and oxygen atoms in total. The molecule has 2 heterocycles. The van der Waals surface area contributed by atoms with Crippen LogP contribution in [0.15, 0.2) is 59.4 Å². The summed E-state index contributed by atoms with van der Waals surface area (Å²) in [5.74, 6) is 1.10. The molecule has 0 bridgehead atoms. The van der Waals surface area contributed by atoms with E-state index in [4.69, 9.17) is 0 Å². The average molecular weight is 416 g/mol. The molecule has 1 amide bonds. The predicted molar refractivity (Wildman–Crippen MR) is 119 cm³/mol. The molecule has 0 unspecified atom stereocenters. The molecule has 2 N–H and O–H groups in total. The molecule has 0 aliphatic carbocycles. The Morgan fingerprint density at radius 1 is 1.06 bits per heavy atom. The van der Waals surface area contributed by atoms with Crippen LogP contribution in [0.3, 0.4) is 0 Å². The van der Waals surface area contributed by atoms with Crippen LogP contribution in [0, 0.1) is 5.92 Å². The highest BCUT2D eigenvalue weighted by molar-refractivity contribution is 5.94. The van der Waals surface area contributed by atoms with E-state index >= 15 is 0 Å². The fourth-order valence-corrected chi connectivity index (χ4v) is 3.45. The van der Waals surface area contributed by atoms with Crippen LogP contribution in [0.5, 0.6) is 0 Å². The molecule has 0 atom stereocenters. The summed E-state index contributed by atoms with van der Waals surface area (Å²) in [6.07, 6.45) is 0.753. The van der Waals surface area contributed by atoms with E-state index in [9.17, 15) is 9.59 Å². The molecular formula is C23H24N6O2. The zero-order valence-electron chi connectivity index (χ0n) is 17.5. The summed E-state index contributed by atoms with van der Waals surface area (Å²) in [5, 5.41) is 15.3. The van der Waals surface area contributed by atoms with Gasteiger partial charge in [-0.2, -0.15) is 10.1 Å². The van der Waals surface area contributed by atoms with Crippen LogP contribution in [0.25, 0.3) is 10.8 Å². The molecule has 0 aliphatic heterocycles. The highest BCUT2D eigenvalue weighted by atomic mass is 16.2. The normalized spacial score (nSPS) is 11.2. The lowest BCUT2D eigenvalue weighted by Crippen LogP contribution is -2.27. The van der Waals surface area contributed by atoms with Crippen LogP contribution in [0.4, 0.5) is 5.95 Å². The highest BCUT2D eigenvalue weighted by Gasteiger charge is 2.15. The van der Waals surface area contributed by atoms with E-state index in [2.05, 4.69) is 39.4 Å². The van der Waals surface area contributed by atoms with Crippen LogP contribution < -0.4 is 10.9 Å². The van der Waals surface area contributed by atoms with Gasteiger partial charge >= 0.3 is 0 Å². The molecule has 4 rings (SSSR count). The van der Waals surface area contributed by atoms with Crippen LogP contribution in [0.1, 0.15) is 30.9 Å². The fourth-order valence-electron chi connectivity index (χ4n) is 3.45. The van der Waals surface area contributed by atoms with Crippen LogP contribution in [-0.4, -0.2) is 30.9 Å². The van der Waals surface area contributed by atoms with Gasteiger partial charge in [0, 0.05) is 11.8 Å². The van der Waals surface area contributed by atoms with Gasteiger partial charge < -0.3 is 0 Å². The van der Waals surface area contributed by atoms with Gasteiger partial charge in [0.15, 0.2) is 0 Å². The van der Waals surface area contributed by atoms with E-state index in [1.807, 2.05) is 48.5 Å². The first kappa shape index (κ1) is 20.5. The van der Waals surface area contributed by atoms with Crippen molar-refractivity contribution in [3.05, 3.63) is 82.0 Å². The fraction of sp³-hybridized carbons (Fsp3) is 0.261. The number of rotatable bonds is 7. The van der Waals surface area contributed by atoms with E-state index in [1.165, 1.54) is 4.68 Å². The molecule has 158 valence electrons. The van der Waals surface area contributed by atoms with Gasteiger partial charge in [-0.15, -0.1) is 5.10 Å². The van der Waals surface area contributed by atoms with Gasteiger partial charge in [-0.1, -0.05) is 62.4 Å². The Morgan fingerprint density at radius 2 is 1.77 bits per heavy atom. The van der Waals surface area contributed by atoms with E-state index < -0.39 is 0 Å². The van der Waals surface area contributed by atoms with E-state index in [1.54, 1.807) is 6.07 Å². The Labute approximate surface area is 179 Å². The lowest BCUT2D eigenvalue weighted by Gasteiger charge is -2.11. The maximum atomic E-state index is 12.9. The summed E-state index contributed by atoms with van der Waals surface area (Å²) in [4.78, 5) is 29.9. The first-order valence-corrected chi connectivity index (χ1v) is 10.2. The second kappa shape index (κ2) is 8.91. The molecule has 2 aromatic heterocycles. The third kappa shape index (κ3) is 4.85. The first-order chi connectivity index (χ1) is 15.0. The van der Waals surface area contributed by atoms with Crippen molar-refractivity contribution in [2.24, 2.45) is 5.92 Å². The summed E-state index contributed by atoms with van der Waals surface area (Å²) in [6, 6.07) is 16.8. The Bertz CT molecular complexity index is 1260. The molecular weight excluding hydrogens is 392 g/mol. The number of H-pyrrole nitrogens is 1. The monoisotopic (exact) mass is 416 g/mol. The number of aromatic amines is 1. The lowest BCUT2D eigenvalue weighted by atomic mass is 10.1. The summed E-state index contributed by atoms with van der Waals surface area (Å²) in [6.45, 7) is 4.50. The number of amides is 1. The van der Waals surface area contributed by atoms with Gasteiger partial charge in [0.05, 0.1) is 24.0 Å². The summed E-state index contributed by atoms with van der Waals surface area (Å²) in [5.41, 5.74) is 1.30. The number of hydrogen-bond donors (Lipinski definition) is 2. The molecule has 0 fully saturated rings. The van der Waals surface area contributed by atoms with E-state index in [-0.39, 0.29) is 23.8 Å². The Kier molecular flexibility index (Phi) is 5.88. The zero-order valence-corrected chi connectivity index (χ0v) is 17.5. The van der Waals surface area contributed by atoms with Crippen LogP contribution >= 0.6 is 0 Å². The number of hydrogen-bond acceptors (Lipinski definition) is 5. The van der Waals surface area contributed by atoms with E-state index in [0.29, 0.717) is 28.9 Å². The number of nitrogens with one attached hydrogen (secondary N) is 2. The minimum Gasteiger partial charge on any atom is -0.293 e. The minimum atomic E-state index is -0.294. The smallest absolute Gasteiger partial charge is 0.274 e. The summed E-state index contributed by atoms with van der Waals surface area (Å²) >= 11 is 0. The standard InChI is InChI=1S/C23H24N6O2/c1-15(2)12-20-24-23(27-26-20)25-21(30)13-19-17-10-6-7-11-18(17)22(31)29(28-19)14-16-8-4-3-5-9-16/h3-11,15H,12-14H2,1-2H3,(H2,24,25,26,27,30). The number of benzene rings is 2. The third-order valence-corrected chi connectivity index (χ3v) is 4.83. The molecule has 31 heavy (non-hydrogen) atoms. The van der Waals surface area contributed by atoms with Crippen LogP contribution in [0.2, 0.25) is 0 Å². The summed E-state index contributed by atoms with van der Waals surface area (Å²) < 4.78 is 1.41. The predicted octanol–water partition coefficient (Wildman–Crippen LogP) is 2.94. The minimum absolute atomic E-state index is 0.00361. The Balaban J connectivity index is 1.60. The topological polar surface area (TPSA) is 106 Å². The number of aromatic nitrogens is 5. The molecule has 0 spiro atoms. The number of fused-ring (bicyclic) bond motifs is 1. The number of anilines is 1. The third-order valence-electron chi connectivity index (χ3n) is 4.83. The Hall–Kier alpha value is -3.81. The van der Waals surface area contributed by atoms with Gasteiger partial charge in [0.2, 0.25) is 11.9 Å². The second-order valence-corrected chi connectivity index (χ2v) is 7.87. The van der Waals surface area contributed by atoms with Gasteiger partial charge in [-0.05, 0) is 17.5 Å². The van der Waals surface area contributed by atoms with Gasteiger partial charge in [0.1, 0.15) is 5.82 Å². The molecule has 8 heteroatoms. The van der Waals surface area contributed by atoms with E-state index in [0.717, 1.165) is 17.8 Å². The molecule has 4 aromatic rings. The number of carbonyl (C=O) groups is 1. The molecule has 0 aliphatic rings. The van der Waals surface area contributed by atoms with Crippen LogP contribution in [-0.2, 0) is 24.2 Å². The van der Waals surface area contributed by atoms with Gasteiger partial charge in [0.25, 0.3) is 5.56 Å². The van der Waals surface area contributed by atoms with Crippen molar-refractivity contribution in [2.45, 2.75) is 33.2 Å². The van der Waals surface area contributed by atoms with Crippen molar-refractivity contribution in [1.29, 1.82) is 0 Å². The van der Waals surface area contributed by atoms with Crippen molar-refractivity contribution in [1.82, 2.24) is 25.0 Å². The quantitative estimate of drug-likeness (QED) is 0.482. The average Bonchev–Trinajstić information content (AvgIpc) is 3.18. The van der Waals surface area contributed by atoms with Crippen molar-refractivity contribution < 1.29 is 4.79 Å². The second-order valence-electron chi connectivity index (χ2n) is 7.87. The molecule has 2 aromatic carbocycles. The maximum Gasteiger partial charge on any atom is 0.274 e. The van der Waals surface area contributed by atoms with Gasteiger partial charge in [-0.3, -0.25) is 20.0 Å². The molecule has 0 radical (unpaired) electrons. The van der Waals surface area contributed by atoms with Gasteiger partial charge in [-0.25, -0.2) is 4.68 Å². The molecule has 0 saturated heterocycles. The SMILES string of the molecule is CC(C)Cc1nc(NC(=O)Cc2nn(Cc3ccccc3)c(=O)c3ccccc23)n[nH]1.